The fourth-order valence-electron chi connectivity index (χ4n) is 2.17. The molecule has 5 heteroatoms. The molecule has 0 aromatic carbocycles. The SMILES string of the molecule is CCCNCC(C)C(C)N1CCS(=O)(=O)CC1. The predicted molar refractivity (Wildman–Crippen MR) is 72.0 cm³/mol. The maximum absolute atomic E-state index is 11.4. The molecular formula is C12H26N2O2S. The minimum atomic E-state index is -2.75. The quantitative estimate of drug-likeness (QED) is 0.717. The van der Waals surface area contributed by atoms with Crippen molar-refractivity contribution >= 4 is 9.84 Å². The van der Waals surface area contributed by atoms with Crippen LogP contribution in [0.3, 0.4) is 0 Å². The first-order valence-electron chi connectivity index (χ1n) is 6.61. The second-order valence-electron chi connectivity index (χ2n) is 5.11. The Hall–Kier alpha value is -0.130. The van der Waals surface area contributed by atoms with Crippen LogP contribution < -0.4 is 5.32 Å². The van der Waals surface area contributed by atoms with Crippen LogP contribution in [0.5, 0.6) is 0 Å². The molecule has 1 fully saturated rings. The minimum absolute atomic E-state index is 0.326. The molecule has 1 aliphatic rings. The molecule has 2 atom stereocenters. The van der Waals surface area contributed by atoms with Crippen molar-refractivity contribution in [2.75, 3.05) is 37.7 Å². The van der Waals surface area contributed by atoms with Crippen molar-refractivity contribution in [3.63, 3.8) is 0 Å². The zero-order chi connectivity index (χ0) is 12.9. The van der Waals surface area contributed by atoms with Crippen molar-refractivity contribution in [3.05, 3.63) is 0 Å². The molecule has 102 valence electrons. The topological polar surface area (TPSA) is 49.4 Å². The highest BCUT2D eigenvalue weighted by Crippen LogP contribution is 2.14. The summed E-state index contributed by atoms with van der Waals surface area (Å²) in [6.45, 7) is 10.1. The van der Waals surface area contributed by atoms with Crippen LogP contribution in [-0.2, 0) is 9.84 Å². The van der Waals surface area contributed by atoms with E-state index < -0.39 is 9.84 Å². The van der Waals surface area contributed by atoms with E-state index in [0.717, 1.165) is 19.5 Å². The average molecular weight is 262 g/mol. The van der Waals surface area contributed by atoms with Crippen LogP contribution in [0.15, 0.2) is 0 Å². The number of hydrogen-bond donors (Lipinski definition) is 1. The Kier molecular flexibility index (Phi) is 5.89. The molecule has 17 heavy (non-hydrogen) atoms. The zero-order valence-electron chi connectivity index (χ0n) is 11.3. The van der Waals surface area contributed by atoms with E-state index in [2.05, 4.69) is 31.0 Å². The molecule has 1 N–H and O–H groups in total. The van der Waals surface area contributed by atoms with Crippen LogP contribution in [0, 0.1) is 5.92 Å². The Morgan fingerprint density at radius 1 is 1.24 bits per heavy atom. The van der Waals surface area contributed by atoms with Crippen molar-refractivity contribution in [1.29, 1.82) is 0 Å². The largest absolute Gasteiger partial charge is 0.316 e. The molecule has 0 amide bonds. The maximum Gasteiger partial charge on any atom is 0.152 e. The lowest BCUT2D eigenvalue weighted by Crippen LogP contribution is -2.48. The summed E-state index contributed by atoms with van der Waals surface area (Å²) in [6.07, 6.45) is 1.16. The van der Waals surface area contributed by atoms with Gasteiger partial charge in [-0.15, -0.1) is 0 Å². The lowest BCUT2D eigenvalue weighted by Gasteiger charge is -2.35. The second kappa shape index (κ2) is 6.71. The van der Waals surface area contributed by atoms with E-state index >= 15 is 0 Å². The molecule has 0 bridgehead atoms. The van der Waals surface area contributed by atoms with Gasteiger partial charge >= 0.3 is 0 Å². The molecule has 1 saturated heterocycles. The highest BCUT2D eigenvalue weighted by atomic mass is 32.2. The Labute approximate surface area is 106 Å². The van der Waals surface area contributed by atoms with Crippen molar-refractivity contribution in [1.82, 2.24) is 10.2 Å². The van der Waals surface area contributed by atoms with Crippen LogP contribution in [-0.4, -0.2) is 57.0 Å². The van der Waals surface area contributed by atoms with Gasteiger partial charge in [0.2, 0.25) is 0 Å². The number of rotatable bonds is 6. The summed E-state index contributed by atoms with van der Waals surface area (Å²) in [7, 11) is -2.75. The lowest BCUT2D eigenvalue weighted by atomic mass is 10.0. The fourth-order valence-corrected chi connectivity index (χ4v) is 3.40. The lowest BCUT2D eigenvalue weighted by molar-refractivity contribution is 0.172. The summed E-state index contributed by atoms with van der Waals surface area (Å²) in [6, 6.07) is 0.454. The van der Waals surface area contributed by atoms with Crippen molar-refractivity contribution in [3.8, 4) is 0 Å². The highest BCUT2D eigenvalue weighted by Gasteiger charge is 2.27. The van der Waals surface area contributed by atoms with E-state index in [9.17, 15) is 8.42 Å². The van der Waals surface area contributed by atoms with E-state index in [-0.39, 0.29) is 0 Å². The number of hydrogen-bond acceptors (Lipinski definition) is 4. The van der Waals surface area contributed by atoms with Gasteiger partial charge in [-0.1, -0.05) is 13.8 Å². The molecule has 1 rings (SSSR count). The van der Waals surface area contributed by atoms with Gasteiger partial charge in [-0.2, -0.15) is 0 Å². The van der Waals surface area contributed by atoms with Gasteiger partial charge in [0.05, 0.1) is 11.5 Å². The highest BCUT2D eigenvalue weighted by molar-refractivity contribution is 7.91. The van der Waals surface area contributed by atoms with Gasteiger partial charge in [0.25, 0.3) is 0 Å². The van der Waals surface area contributed by atoms with Gasteiger partial charge in [-0.25, -0.2) is 8.42 Å². The third-order valence-electron chi connectivity index (χ3n) is 3.67. The monoisotopic (exact) mass is 262 g/mol. The van der Waals surface area contributed by atoms with Gasteiger partial charge < -0.3 is 5.32 Å². The van der Waals surface area contributed by atoms with Crippen LogP contribution >= 0.6 is 0 Å². The third kappa shape index (κ3) is 4.94. The van der Waals surface area contributed by atoms with E-state index in [4.69, 9.17) is 0 Å². The summed E-state index contributed by atoms with van der Waals surface area (Å²) >= 11 is 0. The summed E-state index contributed by atoms with van der Waals surface area (Å²) < 4.78 is 22.7. The molecule has 0 radical (unpaired) electrons. The molecule has 2 unspecified atom stereocenters. The molecule has 0 aromatic heterocycles. The zero-order valence-corrected chi connectivity index (χ0v) is 12.1. The average Bonchev–Trinajstić information content (AvgIpc) is 2.28. The first-order valence-corrected chi connectivity index (χ1v) is 8.43. The fraction of sp³-hybridized carbons (Fsp3) is 1.00. The van der Waals surface area contributed by atoms with E-state index in [1.807, 2.05) is 0 Å². The van der Waals surface area contributed by atoms with Crippen LogP contribution in [0.4, 0.5) is 0 Å². The van der Waals surface area contributed by atoms with Gasteiger partial charge in [-0.05, 0) is 32.4 Å². The molecule has 4 nitrogen and oxygen atoms in total. The van der Waals surface area contributed by atoms with Crippen molar-refractivity contribution in [2.45, 2.75) is 33.2 Å². The Morgan fingerprint density at radius 2 is 1.82 bits per heavy atom. The van der Waals surface area contributed by atoms with Crippen molar-refractivity contribution in [2.24, 2.45) is 5.92 Å². The molecule has 0 aromatic rings. The Balaban J connectivity index is 2.34. The van der Waals surface area contributed by atoms with Crippen LogP contribution in [0.25, 0.3) is 0 Å². The number of sulfone groups is 1. The van der Waals surface area contributed by atoms with Gasteiger partial charge in [-0.3, -0.25) is 4.90 Å². The summed E-state index contributed by atoms with van der Waals surface area (Å²) in [5, 5.41) is 3.43. The van der Waals surface area contributed by atoms with Gasteiger partial charge in [0.1, 0.15) is 0 Å². The molecule has 0 spiro atoms. The summed E-state index contributed by atoms with van der Waals surface area (Å²) in [5.74, 6) is 1.21. The molecule has 1 heterocycles. The van der Waals surface area contributed by atoms with E-state index in [1.54, 1.807) is 0 Å². The normalized spacial score (nSPS) is 24.4. The number of nitrogens with zero attached hydrogens (tertiary/aromatic N) is 1. The third-order valence-corrected chi connectivity index (χ3v) is 5.28. The second-order valence-corrected chi connectivity index (χ2v) is 7.41. The molecule has 1 aliphatic heterocycles. The smallest absolute Gasteiger partial charge is 0.152 e. The van der Waals surface area contributed by atoms with Crippen LogP contribution in [0.1, 0.15) is 27.2 Å². The summed E-state index contributed by atoms with van der Waals surface area (Å²) in [4.78, 5) is 2.30. The predicted octanol–water partition coefficient (Wildman–Crippen LogP) is 0.741. The molecule has 0 saturated carbocycles. The first kappa shape index (κ1) is 14.9. The standard InChI is InChI=1S/C12H26N2O2S/c1-4-5-13-10-11(2)12(3)14-6-8-17(15,16)9-7-14/h11-13H,4-10H2,1-3H3. The van der Waals surface area contributed by atoms with E-state index in [1.165, 1.54) is 0 Å². The van der Waals surface area contributed by atoms with Gasteiger partial charge in [0.15, 0.2) is 9.84 Å². The van der Waals surface area contributed by atoms with Gasteiger partial charge in [0, 0.05) is 19.1 Å². The summed E-state index contributed by atoms with van der Waals surface area (Å²) in [5.41, 5.74) is 0. The van der Waals surface area contributed by atoms with Crippen molar-refractivity contribution < 1.29 is 8.42 Å². The van der Waals surface area contributed by atoms with Crippen LogP contribution in [0.2, 0.25) is 0 Å². The Bertz CT molecular complexity index is 302. The Morgan fingerprint density at radius 3 is 2.35 bits per heavy atom. The minimum Gasteiger partial charge on any atom is -0.316 e. The molecular weight excluding hydrogens is 236 g/mol. The first-order chi connectivity index (χ1) is 7.96. The number of nitrogens with one attached hydrogen (secondary N) is 1. The maximum atomic E-state index is 11.4. The molecule has 0 aliphatic carbocycles. The van der Waals surface area contributed by atoms with E-state index in [0.29, 0.717) is 36.6 Å².